The summed E-state index contributed by atoms with van der Waals surface area (Å²) < 4.78 is 1.37. The average Bonchev–Trinajstić information content (AvgIpc) is 3.12. The van der Waals surface area contributed by atoms with E-state index in [0.717, 1.165) is 19.3 Å². The number of nitrogens with one attached hydrogen (secondary N) is 1. The molecule has 0 unspecified atom stereocenters. The molecule has 1 amide bonds. The molecule has 1 aromatic rings. The lowest BCUT2D eigenvalue weighted by Crippen LogP contribution is -2.42. The first-order valence-electron chi connectivity index (χ1n) is 10.3. The second kappa shape index (κ2) is 9.76. The molecule has 0 aliphatic heterocycles. The van der Waals surface area contributed by atoms with Gasteiger partial charge in [-0.1, -0.05) is 52.9 Å². The fourth-order valence-electron chi connectivity index (χ4n) is 3.82. The van der Waals surface area contributed by atoms with Gasteiger partial charge in [0.1, 0.15) is 5.82 Å². The van der Waals surface area contributed by atoms with Crippen LogP contribution in [0.4, 0.5) is 11.5 Å². The predicted octanol–water partition coefficient (Wildman–Crippen LogP) is 2.88. The number of hydrogen-bond donors (Lipinski definition) is 2. The fourth-order valence-corrected chi connectivity index (χ4v) is 3.82. The van der Waals surface area contributed by atoms with Crippen LogP contribution in [0.25, 0.3) is 0 Å². The van der Waals surface area contributed by atoms with Crippen LogP contribution in [0, 0.1) is 11.8 Å². The van der Waals surface area contributed by atoms with Gasteiger partial charge in [0.2, 0.25) is 5.91 Å². The molecule has 1 heterocycles. The van der Waals surface area contributed by atoms with Gasteiger partial charge in [0.15, 0.2) is 5.69 Å². The zero-order valence-electron chi connectivity index (χ0n) is 16.9. The molecule has 0 aromatic carbocycles. The van der Waals surface area contributed by atoms with Crippen LogP contribution >= 0.6 is 0 Å². The lowest BCUT2D eigenvalue weighted by molar-refractivity contribution is -0.118. The molecular weight excluding hydrogens is 344 g/mol. The van der Waals surface area contributed by atoms with Gasteiger partial charge < -0.3 is 10.6 Å². The van der Waals surface area contributed by atoms with Crippen LogP contribution < -0.4 is 21.9 Å². The number of carbonyl (C=O) groups is 1. The maximum atomic E-state index is 13.0. The number of unbranched alkanes of at least 4 members (excludes halogenated alkanes) is 1. The van der Waals surface area contributed by atoms with Crippen molar-refractivity contribution in [2.45, 2.75) is 78.7 Å². The van der Waals surface area contributed by atoms with Gasteiger partial charge in [0.25, 0.3) is 5.56 Å². The first-order chi connectivity index (χ1) is 12.8. The van der Waals surface area contributed by atoms with Gasteiger partial charge in [-0.15, -0.1) is 0 Å². The van der Waals surface area contributed by atoms with Crippen molar-refractivity contribution >= 4 is 17.4 Å². The van der Waals surface area contributed by atoms with Crippen LogP contribution in [0.2, 0.25) is 0 Å². The number of anilines is 2. The summed E-state index contributed by atoms with van der Waals surface area (Å²) in [5, 5.41) is 0. The number of amides is 1. The molecule has 27 heavy (non-hydrogen) atoms. The van der Waals surface area contributed by atoms with Crippen molar-refractivity contribution in [3.8, 4) is 0 Å². The average molecular weight is 379 g/mol. The molecule has 1 aliphatic rings. The quantitative estimate of drug-likeness (QED) is 0.690. The highest BCUT2D eigenvalue weighted by molar-refractivity contribution is 5.95. The van der Waals surface area contributed by atoms with E-state index in [9.17, 15) is 14.4 Å². The summed E-state index contributed by atoms with van der Waals surface area (Å²) in [6.45, 7) is 6.81. The molecule has 2 rings (SSSR count). The van der Waals surface area contributed by atoms with Crippen LogP contribution in [-0.4, -0.2) is 22.0 Å². The number of H-pyrrole nitrogens is 1. The molecule has 0 radical (unpaired) electrons. The standard InChI is InChI=1S/C20H34N4O3/c1-4-5-12-23(16(25)11-10-15-8-6-7-9-15)17-18(21)24(13-14(2)3)20(27)22-19(17)26/h14-15H,4-13,21H2,1-3H3,(H,22,26,27). The molecule has 3 N–H and O–H groups in total. The van der Waals surface area contributed by atoms with Crippen molar-refractivity contribution in [3.63, 3.8) is 0 Å². The first kappa shape index (κ1) is 21.3. The SMILES string of the molecule is CCCCN(C(=O)CCC1CCCC1)c1c(N)n(CC(C)C)c(=O)[nH]c1=O. The molecular formula is C20H34N4O3. The van der Waals surface area contributed by atoms with Gasteiger partial charge in [-0.25, -0.2) is 4.79 Å². The summed E-state index contributed by atoms with van der Waals surface area (Å²) in [5.74, 6) is 0.795. The number of nitrogens with two attached hydrogens (primary N) is 1. The van der Waals surface area contributed by atoms with Crippen molar-refractivity contribution in [1.29, 1.82) is 0 Å². The second-order valence-corrected chi connectivity index (χ2v) is 8.09. The highest BCUT2D eigenvalue weighted by Gasteiger charge is 2.25. The third kappa shape index (κ3) is 5.47. The Morgan fingerprint density at radius 2 is 1.96 bits per heavy atom. The number of carbonyl (C=O) groups excluding carboxylic acids is 1. The van der Waals surface area contributed by atoms with Crippen molar-refractivity contribution in [2.75, 3.05) is 17.2 Å². The first-order valence-corrected chi connectivity index (χ1v) is 10.3. The van der Waals surface area contributed by atoms with Crippen LogP contribution in [0.5, 0.6) is 0 Å². The molecule has 1 aromatic heterocycles. The monoisotopic (exact) mass is 378 g/mol. The van der Waals surface area contributed by atoms with Crippen molar-refractivity contribution in [1.82, 2.24) is 9.55 Å². The minimum absolute atomic E-state index is 0.0812. The molecule has 0 spiro atoms. The molecule has 0 saturated heterocycles. The third-order valence-electron chi connectivity index (χ3n) is 5.31. The van der Waals surface area contributed by atoms with E-state index in [0.29, 0.717) is 25.4 Å². The van der Waals surface area contributed by atoms with E-state index in [1.54, 1.807) is 0 Å². The Morgan fingerprint density at radius 3 is 2.56 bits per heavy atom. The van der Waals surface area contributed by atoms with Gasteiger partial charge in [-0.3, -0.25) is 19.1 Å². The molecule has 1 aliphatic carbocycles. The molecule has 0 atom stereocenters. The maximum Gasteiger partial charge on any atom is 0.330 e. The number of aromatic nitrogens is 2. The molecule has 152 valence electrons. The Kier molecular flexibility index (Phi) is 7.68. The third-order valence-corrected chi connectivity index (χ3v) is 5.31. The number of nitrogens with zero attached hydrogens (tertiary/aromatic N) is 2. The van der Waals surface area contributed by atoms with E-state index >= 15 is 0 Å². The van der Waals surface area contributed by atoms with Crippen LogP contribution in [0.15, 0.2) is 9.59 Å². The van der Waals surface area contributed by atoms with Crippen LogP contribution in [0.3, 0.4) is 0 Å². The fraction of sp³-hybridized carbons (Fsp3) is 0.750. The normalized spacial score (nSPS) is 14.8. The molecule has 7 nitrogen and oxygen atoms in total. The lowest BCUT2D eigenvalue weighted by atomic mass is 10.0. The topological polar surface area (TPSA) is 101 Å². The van der Waals surface area contributed by atoms with E-state index in [4.69, 9.17) is 5.73 Å². The van der Waals surface area contributed by atoms with Gasteiger partial charge >= 0.3 is 5.69 Å². The smallest absolute Gasteiger partial charge is 0.330 e. The van der Waals surface area contributed by atoms with E-state index < -0.39 is 11.2 Å². The van der Waals surface area contributed by atoms with Gasteiger partial charge in [-0.2, -0.15) is 0 Å². The van der Waals surface area contributed by atoms with Crippen LogP contribution in [-0.2, 0) is 11.3 Å². The van der Waals surface area contributed by atoms with E-state index in [1.165, 1.54) is 35.2 Å². The minimum Gasteiger partial charge on any atom is -0.383 e. The maximum absolute atomic E-state index is 13.0. The van der Waals surface area contributed by atoms with Gasteiger partial charge in [0, 0.05) is 19.5 Å². The van der Waals surface area contributed by atoms with Crippen molar-refractivity contribution in [3.05, 3.63) is 20.8 Å². The summed E-state index contributed by atoms with van der Waals surface area (Å²) in [5.41, 5.74) is 5.23. The lowest BCUT2D eigenvalue weighted by Gasteiger charge is -2.25. The Hall–Kier alpha value is -2.05. The highest BCUT2D eigenvalue weighted by atomic mass is 16.2. The number of hydrogen-bond acceptors (Lipinski definition) is 4. The molecule has 7 heteroatoms. The van der Waals surface area contributed by atoms with E-state index in [-0.39, 0.29) is 23.3 Å². The Morgan fingerprint density at radius 1 is 1.30 bits per heavy atom. The van der Waals surface area contributed by atoms with Crippen LogP contribution in [0.1, 0.15) is 72.1 Å². The number of aromatic amines is 1. The Bertz CT molecular complexity index is 745. The summed E-state index contributed by atoms with van der Waals surface area (Å²) in [4.78, 5) is 41.5. The van der Waals surface area contributed by atoms with Crippen molar-refractivity contribution in [2.24, 2.45) is 11.8 Å². The number of nitrogen functional groups attached to an aromatic ring is 1. The van der Waals surface area contributed by atoms with Gasteiger partial charge in [0.05, 0.1) is 0 Å². The zero-order chi connectivity index (χ0) is 20.0. The van der Waals surface area contributed by atoms with E-state index in [2.05, 4.69) is 4.98 Å². The number of rotatable bonds is 9. The summed E-state index contributed by atoms with van der Waals surface area (Å²) in [6, 6.07) is 0. The summed E-state index contributed by atoms with van der Waals surface area (Å²) in [6.07, 6.45) is 7.79. The van der Waals surface area contributed by atoms with Gasteiger partial charge in [-0.05, 0) is 24.7 Å². The zero-order valence-corrected chi connectivity index (χ0v) is 16.9. The Balaban J connectivity index is 2.32. The summed E-state index contributed by atoms with van der Waals surface area (Å²) in [7, 11) is 0. The molecule has 1 fully saturated rings. The highest BCUT2D eigenvalue weighted by Crippen LogP contribution is 2.29. The Labute approximate surface area is 160 Å². The summed E-state index contributed by atoms with van der Waals surface area (Å²) >= 11 is 0. The predicted molar refractivity (Wildman–Crippen MR) is 109 cm³/mol. The minimum atomic E-state index is -0.581. The molecule has 0 bridgehead atoms. The molecule has 1 saturated carbocycles. The van der Waals surface area contributed by atoms with Crippen molar-refractivity contribution < 1.29 is 4.79 Å². The second-order valence-electron chi connectivity index (χ2n) is 8.09. The van der Waals surface area contributed by atoms with E-state index in [1.807, 2.05) is 20.8 Å². The largest absolute Gasteiger partial charge is 0.383 e.